The number of aryl methyl sites for hydroxylation is 1. The van der Waals surface area contributed by atoms with E-state index in [2.05, 4.69) is 69.1 Å². The summed E-state index contributed by atoms with van der Waals surface area (Å²) in [5.74, 6) is 0.956. The fraction of sp³-hybridized carbons (Fsp3) is 0.250. The van der Waals surface area contributed by atoms with Gasteiger partial charge in [-0.15, -0.1) is 0 Å². The molecule has 1 heterocycles. The summed E-state index contributed by atoms with van der Waals surface area (Å²) in [7, 11) is 0. The molecule has 0 saturated heterocycles. The van der Waals surface area contributed by atoms with Gasteiger partial charge in [0.05, 0.1) is 12.6 Å². The molecule has 0 fully saturated rings. The molecule has 0 amide bonds. The molecule has 4 heteroatoms. The highest BCUT2D eigenvalue weighted by atomic mass is 79.9. The molecule has 1 aliphatic rings. The Hall–Kier alpha value is -0.840. The van der Waals surface area contributed by atoms with E-state index >= 15 is 0 Å². The molecule has 0 radical (unpaired) electrons. The molecule has 2 aromatic carbocycles. The molecule has 2 nitrogen and oxygen atoms in total. The first-order chi connectivity index (χ1) is 9.56. The molecule has 1 atom stereocenters. The summed E-state index contributed by atoms with van der Waals surface area (Å²) in [6.45, 7) is 2.81. The van der Waals surface area contributed by atoms with Crippen LogP contribution >= 0.6 is 31.9 Å². The lowest BCUT2D eigenvalue weighted by atomic mass is 9.96. The van der Waals surface area contributed by atoms with Gasteiger partial charge in [-0.25, -0.2) is 0 Å². The molecular weight excluding hydrogens is 382 g/mol. The van der Waals surface area contributed by atoms with E-state index in [9.17, 15) is 0 Å². The van der Waals surface area contributed by atoms with Gasteiger partial charge in [-0.3, -0.25) is 0 Å². The van der Waals surface area contributed by atoms with Gasteiger partial charge in [-0.2, -0.15) is 0 Å². The second-order valence-electron chi connectivity index (χ2n) is 5.07. The number of halogens is 2. The topological polar surface area (TPSA) is 35.2 Å². The zero-order valence-electron chi connectivity index (χ0n) is 11.1. The third kappa shape index (κ3) is 2.52. The van der Waals surface area contributed by atoms with Crippen LogP contribution in [0.4, 0.5) is 0 Å². The number of rotatable bonds is 2. The first kappa shape index (κ1) is 14.1. The van der Waals surface area contributed by atoms with Gasteiger partial charge in [0.1, 0.15) is 5.75 Å². The lowest BCUT2D eigenvalue weighted by Crippen LogP contribution is -2.13. The van der Waals surface area contributed by atoms with Crippen LogP contribution in [0.3, 0.4) is 0 Å². The van der Waals surface area contributed by atoms with Gasteiger partial charge in [0.15, 0.2) is 0 Å². The van der Waals surface area contributed by atoms with E-state index < -0.39 is 0 Å². The van der Waals surface area contributed by atoms with Gasteiger partial charge in [0.25, 0.3) is 0 Å². The maximum absolute atomic E-state index is 6.46. The molecule has 2 aromatic rings. The second-order valence-corrected chi connectivity index (χ2v) is 6.84. The van der Waals surface area contributed by atoms with Crippen LogP contribution in [0.5, 0.6) is 5.75 Å². The van der Waals surface area contributed by atoms with Crippen LogP contribution in [-0.2, 0) is 6.42 Å². The highest BCUT2D eigenvalue weighted by molar-refractivity contribution is 9.10. The van der Waals surface area contributed by atoms with Crippen molar-refractivity contribution < 1.29 is 4.74 Å². The van der Waals surface area contributed by atoms with Crippen LogP contribution in [0.1, 0.15) is 28.3 Å². The predicted molar refractivity (Wildman–Crippen MR) is 88.3 cm³/mol. The lowest BCUT2D eigenvalue weighted by molar-refractivity contribution is 0.352. The zero-order chi connectivity index (χ0) is 14.3. The highest BCUT2D eigenvalue weighted by Gasteiger charge is 2.22. The van der Waals surface area contributed by atoms with Gasteiger partial charge >= 0.3 is 0 Å². The summed E-state index contributed by atoms with van der Waals surface area (Å²) in [5.41, 5.74) is 11.0. The summed E-state index contributed by atoms with van der Waals surface area (Å²) in [4.78, 5) is 0. The fourth-order valence-electron chi connectivity index (χ4n) is 2.51. The minimum atomic E-state index is -0.184. The Kier molecular flexibility index (Phi) is 3.89. The Morgan fingerprint density at radius 1 is 1.20 bits per heavy atom. The number of fused-ring (bicyclic) bond motifs is 1. The van der Waals surface area contributed by atoms with E-state index in [0.29, 0.717) is 0 Å². The average Bonchev–Trinajstić information content (AvgIpc) is 2.88. The van der Waals surface area contributed by atoms with Crippen molar-refractivity contribution in [2.45, 2.75) is 19.4 Å². The van der Waals surface area contributed by atoms with E-state index in [1.54, 1.807) is 0 Å². The zero-order valence-corrected chi connectivity index (χ0v) is 14.3. The van der Waals surface area contributed by atoms with Crippen LogP contribution in [-0.4, -0.2) is 6.61 Å². The summed E-state index contributed by atoms with van der Waals surface area (Å²) >= 11 is 7.13. The van der Waals surface area contributed by atoms with Crippen molar-refractivity contribution in [3.05, 3.63) is 61.5 Å². The maximum atomic E-state index is 6.46. The molecule has 3 rings (SSSR count). The number of hydrogen-bond acceptors (Lipinski definition) is 2. The number of hydrogen-bond donors (Lipinski definition) is 1. The first-order valence-electron chi connectivity index (χ1n) is 6.53. The van der Waals surface area contributed by atoms with Crippen molar-refractivity contribution in [3.63, 3.8) is 0 Å². The minimum Gasteiger partial charge on any atom is -0.493 e. The molecule has 0 aromatic heterocycles. The van der Waals surface area contributed by atoms with Crippen LogP contribution < -0.4 is 10.5 Å². The van der Waals surface area contributed by atoms with Crippen molar-refractivity contribution >= 4 is 31.9 Å². The van der Waals surface area contributed by atoms with Gasteiger partial charge in [0, 0.05) is 20.9 Å². The Morgan fingerprint density at radius 3 is 2.75 bits per heavy atom. The Labute approximate surface area is 135 Å². The monoisotopic (exact) mass is 395 g/mol. The number of nitrogens with two attached hydrogens (primary N) is 1. The third-order valence-corrected chi connectivity index (χ3v) is 4.98. The van der Waals surface area contributed by atoms with E-state index in [1.165, 1.54) is 11.1 Å². The molecule has 104 valence electrons. The average molecular weight is 397 g/mol. The largest absolute Gasteiger partial charge is 0.493 e. The van der Waals surface area contributed by atoms with Gasteiger partial charge in [0.2, 0.25) is 0 Å². The summed E-state index contributed by atoms with van der Waals surface area (Å²) in [5, 5.41) is 0. The van der Waals surface area contributed by atoms with Crippen LogP contribution in [0, 0.1) is 6.92 Å². The van der Waals surface area contributed by atoms with E-state index in [4.69, 9.17) is 10.5 Å². The molecule has 0 saturated carbocycles. The lowest BCUT2D eigenvalue weighted by Gasteiger charge is -2.17. The molecular formula is C16H15Br2NO. The number of benzene rings is 2. The van der Waals surface area contributed by atoms with Crippen molar-refractivity contribution in [1.82, 2.24) is 0 Å². The standard InChI is InChI=1S/C16H15Br2NO/c1-9-2-3-10(7-14(9)18)15(19)13-8-12(17)6-11-4-5-20-16(11)13/h2-3,6-8,15H,4-5,19H2,1H3. The highest BCUT2D eigenvalue weighted by Crippen LogP contribution is 2.38. The Bertz CT molecular complexity index is 670. The Morgan fingerprint density at radius 2 is 2.00 bits per heavy atom. The molecule has 20 heavy (non-hydrogen) atoms. The molecule has 0 spiro atoms. The molecule has 0 bridgehead atoms. The van der Waals surface area contributed by atoms with E-state index in [-0.39, 0.29) is 6.04 Å². The first-order valence-corrected chi connectivity index (χ1v) is 8.11. The van der Waals surface area contributed by atoms with E-state index in [1.807, 2.05) is 0 Å². The molecule has 1 aliphatic heterocycles. The Balaban J connectivity index is 2.06. The van der Waals surface area contributed by atoms with Gasteiger partial charge in [-0.05, 0) is 41.8 Å². The van der Waals surface area contributed by atoms with Crippen molar-refractivity contribution in [2.24, 2.45) is 5.73 Å². The van der Waals surface area contributed by atoms with Crippen molar-refractivity contribution in [1.29, 1.82) is 0 Å². The minimum absolute atomic E-state index is 0.184. The predicted octanol–water partition coefficient (Wildman–Crippen LogP) is 4.50. The number of ether oxygens (including phenoxy) is 1. The molecule has 2 N–H and O–H groups in total. The normalized spacial score (nSPS) is 14.8. The third-order valence-electron chi connectivity index (χ3n) is 3.67. The fourth-order valence-corrected chi connectivity index (χ4v) is 3.43. The SMILES string of the molecule is Cc1ccc(C(N)c2cc(Br)cc3c2OCC3)cc1Br. The van der Waals surface area contributed by atoms with E-state index in [0.717, 1.165) is 38.8 Å². The quantitative estimate of drug-likeness (QED) is 0.810. The smallest absolute Gasteiger partial charge is 0.127 e. The summed E-state index contributed by atoms with van der Waals surface area (Å²) < 4.78 is 7.90. The van der Waals surface area contributed by atoms with Crippen LogP contribution in [0.2, 0.25) is 0 Å². The van der Waals surface area contributed by atoms with Crippen molar-refractivity contribution in [3.8, 4) is 5.75 Å². The maximum Gasteiger partial charge on any atom is 0.127 e. The second kappa shape index (κ2) is 5.51. The molecule has 1 unspecified atom stereocenters. The summed E-state index contributed by atoms with van der Waals surface area (Å²) in [6, 6.07) is 10.2. The van der Waals surface area contributed by atoms with Crippen LogP contribution in [0.15, 0.2) is 39.3 Å². The van der Waals surface area contributed by atoms with Gasteiger partial charge in [-0.1, -0.05) is 44.0 Å². The molecule has 0 aliphatic carbocycles. The van der Waals surface area contributed by atoms with Crippen molar-refractivity contribution in [2.75, 3.05) is 6.61 Å². The summed E-state index contributed by atoms with van der Waals surface area (Å²) in [6.07, 6.45) is 0.950. The van der Waals surface area contributed by atoms with Gasteiger partial charge < -0.3 is 10.5 Å². The van der Waals surface area contributed by atoms with Crippen LogP contribution in [0.25, 0.3) is 0 Å².